The molecule has 1 unspecified atom stereocenters. The van der Waals surface area contributed by atoms with E-state index in [4.69, 9.17) is 41.7 Å². The summed E-state index contributed by atoms with van der Waals surface area (Å²) in [5.74, 6) is 0. The highest BCUT2D eigenvalue weighted by atomic mass is 28.4. The topological polar surface area (TPSA) is 83.1 Å². The second kappa shape index (κ2) is 14.0. The predicted molar refractivity (Wildman–Crippen MR) is 106 cm³/mol. The molecule has 10 heteroatoms. The summed E-state index contributed by atoms with van der Waals surface area (Å²) in [6.45, 7) is 14.7. The van der Waals surface area contributed by atoms with Crippen LogP contribution in [-0.2, 0) is 41.7 Å². The summed E-state index contributed by atoms with van der Waals surface area (Å²) in [5, 5.41) is 0. The van der Waals surface area contributed by atoms with Gasteiger partial charge in [-0.05, 0) is 48.5 Å². The van der Waals surface area contributed by atoms with Crippen molar-refractivity contribution in [3.63, 3.8) is 0 Å². The van der Waals surface area contributed by atoms with E-state index in [9.17, 15) is 0 Å². The molecule has 0 bridgehead atoms. The van der Waals surface area contributed by atoms with Crippen LogP contribution in [0.1, 0.15) is 48.5 Å². The van der Waals surface area contributed by atoms with Gasteiger partial charge < -0.3 is 37.3 Å². The fourth-order valence-electron chi connectivity index (χ4n) is 2.92. The van der Waals surface area contributed by atoms with Crippen LogP contribution in [0.5, 0.6) is 0 Å². The van der Waals surface area contributed by atoms with E-state index in [1.807, 2.05) is 27.7 Å². The van der Waals surface area contributed by atoms with Crippen molar-refractivity contribution in [1.29, 1.82) is 0 Å². The molecule has 170 valence electrons. The Hall–Kier alpha value is -0.143. The molecule has 9 nitrogen and oxygen atoms in total. The lowest BCUT2D eigenvalue weighted by Crippen LogP contribution is -2.74. The molecule has 1 atom stereocenters. The molecule has 0 fully saturated rings. The third-order valence-corrected chi connectivity index (χ3v) is 7.00. The van der Waals surface area contributed by atoms with Gasteiger partial charge in [0.1, 0.15) is 6.10 Å². The van der Waals surface area contributed by atoms with Crippen LogP contribution < -0.4 is 0 Å². The molecular weight excluding hydrogens is 388 g/mol. The highest BCUT2D eigenvalue weighted by Crippen LogP contribution is 2.38. The standard InChI is InChI=1S/C18H40O9Si/c1-10-21-16(7)17(22-11-2,23-12-3)28(19-8,20-9)27-18(24-13-4,25-14-5)26-15-6/h16H,10-15H2,1-9H3. The molecule has 0 N–H and O–H groups in total. The summed E-state index contributed by atoms with van der Waals surface area (Å²) in [5.41, 5.74) is -1.47. The van der Waals surface area contributed by atoms with Gasteiger partial charge in [-0.2, -0.15) is 0 Å². The van der Waals surface area contributed by atoms with E-state index in [-0.39, 0.29) is 19.8 Å². The van der Waals surface area contributed by atoms with Crippen LogP contribution in [0.4, 0.5) is 0 Å². The molecule has 0 aliphatic carbocycles. The Kier molecular flexibility index (Phi) is 13.9. The summed E-state index contributed by atoms with van der Waals surface area (Å²) >= 11 is 0. The summed E-state index contributed by atoms with van der Waals surface area (Å²) in [4.78, 5) is 0. The second-order valence-electron chi connectivity index (χ2n) is 5.50. The van der Waals surface area contributed by atoms with Crippen molar-refractivity contribution in [2.24, 2.45) is 0 Å². The van der Waals surface area contributed by atoms with E-state index in [1.165, 1.54) is 14.2 Å². The van der Waals surface area contributed by atoms with E-state index in [1.54, 1.807) is 20.8 Å². The van der Waals surface area contributed by atoms with Gasteiger partial charge in [0, 0.05) is 34.0 Å². The van der Waals surface area contributed by atoms with Crippen LogP contribution >= 0.6 is 0 Å². The zero-order chi connectivity index (χ0) is 21.7. The normalized spacial score (nSPS) is 14.5. The van der Waals surface area contributed by atoms with Crippen molar-refractivity contribution < 1.29 is 41.7 Å². The minimum Gasteiger partial charge on any atom is -0.374 e. The summed E-state index contributed by atoms with van der Waals surface area (Å²) in [7, 11) is -0.921. The maximum absolute atomic E-state index is 6.28. The first-order chi connectivity index (χ1) is 13.4. The predicted octanol–water partition coefficient (Wildman–Crippen LogP) is 2.69. The van der Waals surface area contributed by atoms with Gasteiger partial charge in [-0.25, -0.2) is 0 Å². The summed E-state index contributed by atoms with van der Waals surface area (Å²) < 4.78 is 53.1. The van der Waals surface area contributed by atoms with Gasteiger partial charge in [-0.15, -0.1) is 0 Å². The smallest absolute Gasteiger partial charge is 0.374 e. The highest BCUT2D eigenvalue weighted by Gasteiger charge is 2.70. The molecule has 0 aromatic carbocycles. The van der Waals surface area contributed by atoms with Gasteiger partial charge in [-0.1, -0.05) is 0 Å². The molecule has 0 radical (unpaired) electrons. The van der Waals surface area contributed by atoms with Gasteiger partial charge in [0.05, 0.1) is 19.8 Å². The average molecular weight is 429 g/mol. The molecule has 0 saturated heterocycles. The zero-order valence-electron chi connectivity index (χ0n) is 19.0. The van der Waals surface area contributed by atoms with Crippen molar-refractivity contribution in [3.8, 4) is 0 Å². The van der Waals surface area contributed by atoms with Gasteiger partial charge in [0.15, 0.2) is 0 Å². The first kappa shape index (κ1) is 27.9. The first-order valence-corrected chi connectivity index (χ1v) is 11.7. The Balaban J connectivity index is 6.44. The molecule has 0 rings (SSSR count). The van der Waals surface area contributed by atoms with Crippen LogP contribution in [0.2, 0.25) is 0 Å². The third kappa shape index (κ3) is 6.43. The van der Waals surface area contributed by atoms with Crippen molar-refractivity contribution in [3.05, 3.63) is 0 Å². The van der Waals surface area contributed by atoms with Crippen LogP contribution in [0.25, 0.3) is 0 Å². The van der Waals surface area contributed by atoms with E-state index in [0.717, 1.165) is 0 Å². The maximum Gasteiger partial charge on any atom is 0.571 e. The fourth-order valence-corrected chi connectivity index (χ4v) is 5.70. The molecule has 0 spiro atoms. The Bertz CT molecular complexity index is 370. The van der Waals surface area contributed by atoms with Crippen LogP contribution in [0.3, 0.4) is 0 Å². The largest absolute Gasteiger partial charge is 0.571 e. The highest BCUT2D eigenvalue weighted by molar-refractivity contribution is 6.63. The van der Waals surface area contributed by atoms with Crippen molar-refractivity contribution in [2.75, 3.05) is 53.9 Å². The molecule has 0 aromatic heterocycles. The maximum atomic E-state index is 6.28. The van der Waals surface area contributed by atoms with Crippen molar-refractivity contribution >= 4 is 8.80 Å². The Morgan fingerprint density at radius 3 is 1.32 bits per heavy atom. The number of ether oxygens (including phenoxy) is 6. The number of hydrogen-bond acceptors (Lipinski definition) is 9. The molecule has 0 heterocycles. The lowest BCUT2D eigenvalue weighted by Gasteiger charge is -2.48. The zero-order valence-corrected chi connectivity index (χ0v) is 20.0. The lowest BCUT2D eigenvalue weighted by atomic mass is 10.3. The SMILES string of the molecule is CCOC(C)C(OCC)(OCC)[Si](OC)(OC)OC(OCC)(OCC)OCC. The molecule has 0 saturated carbocycles. The molecular formula is C18H40O9Si. The van der Waals surface area contributed by atoms with E-state index in [2.05, 4.69) is 0 Å². The minimum absolute atomic E-state index is 0.273. The van der Waals surface area contributed by atoms with E-state index >= 15 is 0 Å². The van der Waals surface area contributed by atoms with Gasteiger partial charge in [0.25, 0.3) is 5.41 Å². The van der Waals surface area contributed by atoms with Gasteiger partial charge in [0.2, 0.25) is 0 Å². The van der Waals surface area contributed by atoms with E-state index < -0.39 is 26.5 Å². The Morgan fingerprint density at radius 2 is 1.04 bits per heavy atom. The van der Waals surface area contributed by atoms with Crippen LogP contribution in [0.15, 0.2) is 0 Å². The monoisotopic (exact) mass is 428 g/mol. The Morgan fingerprint density at radius 1 is 0.643 bits per heavy atom. The number of hydrogen-bond donors (Lipinski definition) is 0. The van der Waals surface area contributed by atoms with Crippen molar-refractivity contribution in [2.45, 2.75) is 66.1 Å². The Labute approximate surface area is 171 Å². The minimum atomic E-state index is -3.86. The van der Waals surface area contributed by atoms with Crippen LogP contribution in [-0.4, -0.2) is 80.3 Å². The van der Waals surface area contributed by atoms with Crippen LogP contribution in [0, 0.1) is 0 Å². The number of rotatable bonds is 18. The lowest BCUT2D eigenvalue weighted by molar-refractivity contribution is -0.483. The molecule has 0 aliphatic rings. The first-order valence-electron chi connectivity index (χ1n) is 9.98. The summed E-state index contributed by atoms with van der Waals surface area (Å²) in [6.07, 6.45) is -2.41. The summed E-state index contributed by atoms with van der Waals surface area (Å²) in [6, 6.07) is 0. The fraction of sp³-hybridized carbons (Fsp3) is 1.00. The van der Waals surface area contributed by atoms with Gasteiger partial charge >= 0.3 is 15.0 Å². The second-order valence-corrected chi connectivity index (χ2v) is 8.33. The third-order valence-electron chi connectivity index (χ3n) is 3.86. The molecule has 28 heavy (non-hydrogen) atoms. The molecule has 0 amide bonds. The van der Waals surface area contributed by atoms with Gasteiger partial charge in [-0.3, -0.25) is 4.43 Å². The average Bonchev–Trinajstić information content (AvgIpc) is 2.67. The molecule has 0 aliphatic heterocycles. The quantitative estimate of drug-likeness (QED) is 0.242. The molecule has 0 aromatic rings. The van der Waals surface area contributed by atoms with E-state index in [0.29, 0.717) is 19.8 Å². The van der Waals surface area contributed by atoms with Crippen molar-refractivity contribution in [1.82, 2.24) is 0 Å².